The van der Waals surface area contributed by atoms with Gasteiger partial charge in [0.1, 0.15) is 5.76 Å². The quantitative estimate of drug-likeness (QED) is 0.794. The molecule has 0 saturated carbocycles. The van der Waals surface area contributed by atoms with Gasteiger partial charge in [-0.2, -0.15) is 0 Å². The first-order chi connectivity index (χ1) is 7.56. The van der Waals surface area contributed by atoms with Gasteiger partial charge in [0, 0.05) is 31.2 Å². The number of aryl methyl sites for hydroxylation is 1. The molecule has 1 unspecified atom stereocenters. The summed E-state index contributed by atoms with van der Waals surface area (Å²) in [5, 5.41) is 8.80. The molecule has 0 bridgehead atoms. The van der Waals surface area contributed by atoms with Gasteiger partial charge in [0.2, 0.25) is 5.76 Å². The molecule has 0 radical (unpaired) electrons. The normalized spacial score (nSPS) is 21.5. The predicted octanol–water partition coefficient (Wildman–Crippen LogP) is 0.819. The van der Waals surface area contributed by atoms with E-state index in [4.69, 9.17) is 15.3 Å². The van der Waals surface area contributed by atoms with Gasteiger partial charge in [-0.15, -0.1) is 0 Å². The minimum Gasteiger partial charge on any atom is -0.475 e. The second-order valence-corrected chi connectivity index (χ2v) is 4.28. The van der Waals surface area contributed by atoms with Crippen molar-refractivity contribution in [2.45, 2.75) is 25.9 Å². The number of likely N-dealkylation sites (tertiary alicyclic amines) is 1. The van der Waals surface area contributed by atoms with Crippen LogP contribution in [0.3, 0.4) is 0 Å². The number of hydrogen-bond acceptors (Lipinski definition) is 4. The Bertz CT molecular complexity index is 400. The molecular weight excluding hydrogens is 208 g/mol. The van der Waals surface area contributed by atoms with Gasteiger partial charge in [0.05, 0.1) is 0 Å². The Balaban J connectivity index is 2.06. The average Bonchev–Trinajstić information content (AvgIpc) is 2.75. The molecule has 1 aliphatic rings. The molecule has 1 aliphatic heterocycles. The summed E-state index contributed by atoms with van der Waals surface area (Å²) in [6, 6.07) is 1.84. The summed E-state index contributed by atoms with van der Waals surface area (Å²) in [6.45, 7) is 4.34. The first kappa shape index (κ1) is 11.2. The van der Waals surface area contributed by atoms with Crippen LogP contribution in [0.1, 0.15) is 28.3 Å². The van der Waals surface area contributed by atoms with E-state index in [0.29, 0.717) is 5.76 Å². The van der Waals surface area contributed by atoms with E-state index in [-0.39, 0.29) is 11.8 Å². The van der Waals surface area contributed by atoms with Gasteiger partial charge in [-0.1, -0.05) is 0 Å². The number of furan rings is 1. The molecule has 0 amide bonds. The van der Waals surface area contributed by atoms with Gasteiger partial charge in [0.15, 0.2) is 0 Å². The highest BCUT2D eigenvalue weighted by atomic mass is 16.4. The monoisotopic (exact) mass is 224 g/mol. The first-order valence-electron chi connectivity index (χ1n) is 5.37. The van der Waals surface area contributed by atoms with E-state index in [9.17, 15) is 4.79 Å². The summed E-state index contributed by atoms with van der Waals surface area (Å²) in [4.78, 5) is 12.9. The summed E-state index contributed by atoms with van der Waals surface area (Å²) in [5.41, 5.74) is 6.75. The fourth-order valence-electron chi connectivity index (χ4n) is 2.03. The fraction of sp³-hybridized carbons (Fsp3) is 0.545. The maximum absolute atomic E-state index is 10.7. The number of nitrogens with two attached hydrogens (primary N) is 1. The lowest BCUT2D eigenvalue weighted by Gasteiger charge is -2.13. The van der Waals surface area contributed by atoms with Crippen LogP contribution < -0.4 is 5.73 Å². The van der Waals surface area contributed by atoms with Crippen LogP contribution in [0, 0.1) is 6.92 Å². The molecule has 1 fully saturated rings. The minimum absolute atomic E-state index is 0.0102. The Morgan fingerprint density at radius 1 is 1.75 bits per heavy atom. The lowest BCUT2D eigenvalue weighted by atomic mass is 10.2. The van der Waals surface area contributed by atoms with Crippen molar-refractivity contribution in [3.63, 3.8) is 0 Å². The third-order valence-corrected chi connectivity index (χ3v) is 2.93. The maximum Gasteiger partial charge on any atom is 0.371 e. The molecule has 16 heavy (non-hydrogen) atoms. The van der Waals surface area contributed by atoms with Crippen molar-refractivity contribution in [1.29, 1.82) is 0 Å². The highest BCUT2D eigenvalue weighted by molar-refractivity contribution is 5.84. The van der Waals surface area contributed by atoms with Crippen LogP contribution in [0.4, 0.5) is 0 Å². The van der Waals surface area contributed by atoms with E-state index in [1.165, 1.54) is 0 Å². The molecule has 1 aromatic heterocycles. The molecule has 3 N–H and O–H groups in total. The molecule has 5 heteroatoms. The highest BCUT2D eigenvalue weighted by Gasteiger charge is 2.21. The molecule has 1 atom stereocenters. The molecule has 1 saturated heterocycles. The smallest absolute Gasteiger partial charge is 0.371 e. The SMILES string of the molecule is Cc1oc(C(=O)O)cc1CN1CCC(N)C1. The molecule has 1 aromatic rings. The largest absolute Gasteiger partial charge is 0.475 e. The highest BCUT2D eigenvalue weighted by Crippen LogP contribution is 2.19. The number of carboxylic acid groups (broad SMARTS) is 1. The molecule has 5 nitrogen and oxygen atoms in total. The Hall–Kier alpha value is -1.33. The zero-order valence-electron chi connectivity index (χ0n) is 9.27. The van der Waals surface area contributed by atoms with Crippen molar-refractivity contribution >= 4 is 5.97 Å². The summed E-state index contributed by atoms with van der Waals surface area (Å²) in [6.07, 6.45) is 1.00. The second-order valence-electron chi connectivity index (χ2n) is 4.28. The zero-order valence-corrected chi connectivity index (χ0v) is 9.27. The van der Waals surface area contributed by atoms with Gasteiger partial charge >= 0.3 is 5.97 Å². The number of carboxylic acids is 1. The molecule has 2 rings (SSSR count). The lowest BCUT2D eigenvalue weighted by Crippen LogP contribution is -2.26. The maximum atomic E-state index is 10.7. The molecule has 88 valence electrons. The van der Waals surface area contributed by atoms with Gasteiger partial charge < -0.3 is 15.3 Å². The fourth-order valence-corrected chi connectivity index (χ4v) is 2.03. The number of rotatable bonds is 3. The molecule has 2 heterocycles. The second kappa shape index (κ2) is 4.27. The van der Waals surface area contributed by atoms with E-state index < -0.39 is 5.97 Å². The standard InChI is InChI=1S/C11H16N2O3/c1-7-8(4-10(16-7)11(14)15)5-13-3-2-9(12)6-13/h4,9H,2-3,5-6,12H2,1H3,(H,14,15). The van der Waals surface area contributed by atoms with Gasteiger partial charge in [0.25, 0.3) is 0 Å². The van der Waals surface area contributed by atoms with Gasteiger partial charge in [-0.3, -0.25) is 4.90 Å². The van der Waals surface area contributed by atoms with E-state index >= 15 is 0 Å². The number of nitrogens with zero attached hydrogens (tertiary/aromatic N) is 1. The van der Waals surface area contributed by atoms with Crippen molar-refractivity contribution in [3.8, 4) is 0 Å². The van der Waals surface area contributed by atoms with Crippen LogP contribution >= 0.6 is 0 Å². The lowest BCUT2D eigenvalue weighted by molar-refractivity contribution is 0.0661. The Kier molecular flexibility index (Phi) is 2.98. The van der Waals surface area contributed by atoms with Crippen molar-refractivity contribution in [3.05, 3.63) is 23.2 Å². The Morgan fingerprint density at radius 3 is 3.00 bits per heavy atom. The van der Waals surface area contributed by atoms with Crippen LogP contribution in [0.25, 0.3) is 0 Å². The Labute approximate surface area is 93.8 Å². The van der Waals surface area contributed by atoms with E-state index in [2.05, 4.69) is 4.90 Å². The summed E-state index contributed by atoms with van der Waals surface area (Å²) >= 11 is 0. The zero-order chi connectivity index (χ0) is 11.7. The van der Waals surface area contributed by atoms with Crippen LogP contribution in [-0.4, -0.2) is 35.1 Å². The Morgan fingerprint density at radius 2 is 2.50 bits per heavy atom. The van der Waals surface area contributed by atoms with E-state index in [0.717, 1.165) is 31.6 Å². The summed E-state index contributed by atoms with van der Waals surface area (Å²) < 4.78 is 5.16. The topological polar surface area (TPSA) is 79.7 Å². The van der Waals surface area contributed by atoms with Crippen molar-refractivity contribution in [1.82, 2.24) is 4.90 Å². The number of hydrogen-bond donors (Lipinski definition) is 2. The first-order valence-corrected chi connectivity index (χ1v) is 5.37. The van der Waals surface area contributed by atoms with Crippen molar-refractivity contribution < 1.29 is 14.3 Å². The number of carbonyl (C=O) groups is 1. The molecule has 0 spiro atoms. The van der Waals surface area contributed by atoms with Crippen LogP contribution in [-0.2, 0) is 6.54 Å². The summed E-state index contributed by atoms with van der Waals surface area (Å²) in [7, 11) is 0. The van der Waals surface area contributed by atoms with Crippen LogP contribution in [0.15, 0.2) is 10.5 Å². The minimum atomic E-state index is -1.02. The number of aromatic carboxylic acids is 1. The van der Waals surface area contributed by atoms with Gasteiger partial charge in [-0.05, 0) is 19.4 Å². The van der Waals surface area contributed by atoms with E-state index in [1.807, 2.05) is 0 Å². The third kappa shape index (κ3) is 2.25. The van der Waals surface area contributed by atoms with Crippen molar-refractivity contribution in [2.75, 3.05) is 13.1 Å². The average molecular weight is 224 g/mol. The molecule has 0 aromatic carbocycles. The molecule has 0 aliphatic carbocycles. The van der Waals surface area contributed by atoms with E-state index in [1.54, 1.807) is 13.0 Å². The molecular formula is C11H16N2O3. The third-order valence-electron chi connectivity index (χ3n) is 2.93. The summed E-state index contributed by atoms with van der Waals surface area (Å²) in [5.74, 6) is -0.332. The van der Waals surface area contributed by atoms with Gasteiger partial charge in [-0.25, -0.2) is 4.79 Å². The van der Waals surface area contributed by atoms with Crippen molar-refractivity contribution in [2.24, 2.45) is 5.73 Å². The van der Waals surface area contributed by atoms with Crippen LogP contribution in [0.5, 0.6) is 0 Å². The predicted molar refractivity (Wildman–Crippen MR) is 58.3 cm³/mol. The van der Waals surface area contributed by atoms with Crippen LogP contribution in [0.2, 0.25) is 0 Å².